The van der Waals surface area contributed by atoms with Gasteiger partial charge in [-0.1, -0.05) is 0 Å². The fraction of sp³-hybridized carbons (Fsp3) is 0.455. The molecule has 1 aromatic rings. The summed E-state index contributed by atoms with van der Waals surface area (Å²) in [5.41, 5.74) is 7.58. The SMILES string of the molecule is COc1ccc(F)c2c1CC(N)CC2.Cl. The van der Waals surface area contributed by atoms with E-state index in [2.05, 4.69) is 0 Å². The van der Waals surface area contributed by atoms with Crippen LogP contribution in [0.5, 0.6) is 5.75 Å². The Bertz CT molecular complexity index is 357. The van der Waals surface area contributed by atoms with Gasteiger partial charge in [-0.3, -0.25) is 0 Å². The first-order chi connectivity index (χ1) is 6.72. The second-order valence-corrected chi connectivity index (χ2v) is 3.71. The van der Waals surface area contributed by atoms with Crippen molar-refractivity contribution in [1.29, 1.82) is 0 Å². The number of hydrogen-bond acceptors (Lipinski definition) is 2. The molecule has 0 aromatic heterocycles. The number of hydrogen-bond donors (Lipinski definition) is 1. The Morgan fingerprint density at radius 1 is 1.40 bits per heavy atom. The highest BCUT2D eigenvalue weighted by atomic mass is 35.5. The summed E-state index contributed by atoms with van der Waals surface area (Å²) >= 11 is 0. The third-order valence-corrected chi connectivity index (χ3v) is 2.78. The molecule has 1 aliphatic rings. The first-order valence-electron chi connectivity index (χ1n) is 4.82. The summed E-state index contributed by atoms with van der Waals surface area (Å²) in [5, 5.41) is 0. The second kappa shape index (κ2) is 4.81. The number of halogens is 2. The zero-order chi connectivity index (χ0) is 10.1. The molecular formula is C11H15ClFNO. The average molecular weight is 232 g/mol. The van der Waals surface area contributed by atoms with Gasteiger partial charge in [0.05, 0.1) is 7.11 Å². The lowest BCUT2D eigenvalue weighted by Crippen LogP contribution is -2.28. The van der Waals surface area contributed by atoms with E-state index in [4.69, 9.17) is 10.5 Å². The summed E-state index contributed by atoms with van der Waals surface area (Å²) < 4.78 is 18.6. The van der Waals surface area contributed by atoms with Crippen molar-refractivity contribution in [3.8, 4) is 5.75 Å². The first kappa shape index (κ1) is 12.3. The summed E-state index contributed by atoms with van der Waals surface area (Å²) in [6.45, 7) is 0. The Morgan fingerprint density at radius 2 is 2.13 bits per heavy atom. The van der Waals surface area contributed by atoms with Gasteiger partial charge in [-0.05, 0) is 37.0 Å². The molecule has 1 atom stereocenters. The molecule has 0 radical (unpaired) electrons. The van der Waals surface area contributed by atoms with Crippen LogP contribution >= 0.6 is 12.4 Å². The summed E-state index contributed by atoms with van der Waals surface area (Å²) in [5.74, 6) is 0.629. The summed E-state index contributed by atoms with van der Waals surface area (Å²) in [6, 6.07) is 3.28. The van der Waals surface area contributed by atoms with Gasteiger partial charge in [0.15, 0.2) is 0 Å². The van der Waals surface area contributed by atoms with E-state index < -0.39 is 0 Å². The molecule has 1 aliphatic carbocycles. The molecule has 1 unspecified atom stereocenters. The van der Waals surface area contributed by atoms with Gasteiger partial charge in [-0.15, -0.1) is 12.4 Å². The van der Waals surface area contributed by atoms with E-state index in [1.54, 1.807) is 13.2 Å². The lowest BCUT2D eigenvalue weighted by Gasteiger charge is -2.23. The van der Waals surface area contributed by atoms with Gasteiger partial charge in [0.25, 0.3) is 0 Å². The van der Waals surface area contributed by atoms with Crippen LogP contribution in [0.3, 0.4) is 0 Å². The van der Waals surface area contributed by atoms with E-state index in [0.29, 0.717) is 0 Å². The average Bonchev–Trinajstić information content (AvgIpc) is 2.18. The Morgan fingerprint density at radius 3 is 2.80 bits per heavy atom. The van der Waals surface area contributed by atoms with Crippen LogP contribution < -0.4 is 10.5 Å². The number of nitrogens with two attached hydrogens (primary N) is 1. The minimum Gasteiger partial charge on any atom is -0.496 e. The summed E-state index contributed by atoms with van der Waals surface area (Å²) in [7, 11) is 1.60. The van der Waals surface area contributed by atoms with Crippen LogP contribution in [0.4, 0.5) is 4.39 Å². The quantitative estimate of drug-likeness (QED) is 0.803. The normalized spacial score (nSPS) is 19.0. The molecule has 0 amide bonds. The van der Waals surface area contributed by atoms with Gasteiger partial charge in [0.1, 0.15) is 11.6 Å². The minimum atomic E-state index is -0.132. The predicted octanol–water partition coefficient (Wildman–Crippen LogP) is 2.07. The molecular weight excluding hydrogens is 217 g/mol. The van der Waals surface area contributed by atoms with Crippen molar-refractivity contribution in [3.63, 3.8) is 0 Å². The van der Waals surface area contributed by atoms with Crippen molar-refractivity contribution in [2.24, 2.45) is 5.73 Å². The van der Waals surface area contributed by atoms with Gasteiger partial charge in [0.2, 0.25) is 0 Å². The fourth-order valence-electron chi connectivity index (χ4n) is 2.02. The van der Waals surface area contributed by atoms with E-state index in [9.17, 15) is 4.39 Å². The highest BCUT2D eigenvalue weighted by molar-refractivity contribution is 5.85. The second-order valence-electron chi connectivity index (χ2n) is 3.71. The van der Waals surface area contributed by atoms with Crippen molar-refractivity contribution in [2.45, 2.75) is 25.3 Å². The zero-order valence-electron chi connectivity index (χ0n) is 8.63. The molecule has 0 fully saturated rings. The molecule has 0 aliphatic heterocycles. The Balaban J connectivity index is 0.00000112. The molecule has 84 valence electrons. The number of rotatable bonds is 1. The van der Waals surface area contributed by atoms with Gasteiger partial charge < -0.3 is 10.5 Å². The molecule has 0 saturated carbocycles. The molecule has 2 N–H and O–H groups in total. The molecule has 4 heteroatoms. The van der Waals surface area contributed by atoms with E-state index in [1.807, 2.05) is 0 Å². The van der Waals surface area contributed by atoms with Crippen LogP contribution in [-0.4, -0.2) is 13.2 Å². The molecule has 2 rings (SSSR count). The molecule has 15 heavy (non-hydrogen) atoms. The van der Waals surface area contributed by atoms with Crippen molar-refractivity contribution in [1.82, 2.24) is 0 Å². The monoisotopic (exact) mass is 231 g/mol. The van der Waals surface area contributed by atoms with Crippen molar-refractivity contribution in [2.75, 3.05) is 7.11 Å². The number of ether oxygens (including phenoxy) is 1. The van der Waals surface area contributed by atoms with Gasteiger partial charge in [-0.25, -0.2) is 4.39 Å². The first-order valence-corrected chi connectivity index (χ1v) is 4.82. The van der Waals surface area contributed by atoms with Crippen LogP contribution in [0.15, 0.2) is 12.1 Å². The molecule has 0 heterocycles. The highest BCUT2D eigenvalue weighted by Crippen LogP contribution is 2.30. The van der Waals surface area contributed by atoms with Crippen molar-refractivity contribution >= 4 is 12.4 Å². The standard InChI is InChI=1S/C11H14FNO.ClH/c1-14-11-5-4-10(12)8-3-2-7(13)6-9(8)11;/h4-5,7H,2-3,6,13H2,1H3;1H. The Kier molecular flexibility index (Phi) is 3.94. The number of benzene rings is 1. The van der Waals surface area contributed by atoms with E-state index in [1.165, 1.54) is 6.07 Å². The maximum atomic E-state index is 13.4. The molecule has 0 bridgehead atoms. The van der Waals surface area contributed by atoms with Gasteiger partial charge in [0, 0.05) is 11.6 Å². The van der Waals surface area contributed by atoms with Gasteiger partial charge >= 0.3 is 0 Å². The van der Waals surface area contributed by atoms with Crippen LogP contribution in [0.2, 0.25) is 0 Å². The van der Waals surface area contributed by atoms with Crippen LogP contribution in [0, 0.1) is 5.82 Å². The maximum absolute atomic E-state index is 13.4. The smallest absolute Gasteiger partial charge is 0.126 e. The van der Waals surface area contributed by atoms with Crippen LogP contribution in [-0.2, 0) is 12.8 Å². The molecule has 0 saturated heterocycles. The number of methoxy groups -OCH3 is 1. The Hall–Kier alpha value is -0.800. The van der Waals surface area contributed by atoms with Crippen molar-refractivity contribution < 1.29 is 9.13 Å². The lowest BCUT2D eigenvalue weighted by molar-refractivity contribution is 0.400. The predicted molar refractivity (Wildman–Crippen MR) is 60.2 cm³/mol. The zero-order valence-corrected chi connectivity index (χ0v) is 9.44. The topological polar surface area (TPSA) is 35.2 Å². The van der Waals surface area contributed by atoms with E-state index >= 15 is 0 Å². The maximum Gasteiger partial charge on any atom is 0.126 e. The van der Waals surface area contributed by atoms with Crippen LogP contribution in [0.25, 0.3) is 0 Å². The number of fused-ring (bicyclic) bond motifs is 1. The molecule has 2 nitrogen and oxygen atoms in total. The summed E-state index contributed by atoms with van der Waals surface area (Å²) in [4.78, 5) is 0. The Labute approximate surface area is 95.0 Å². The largest absolute Gasteiger partial charge is 0.496 e. The van der Waals surface area contributed by atoms with Gasteiger partial charge in [-0.2, -0.15) is 0 Å². The highest BCUT2D eigenvalue weighted by Gasteiger charge is 2.21. The summed E-state index contributed by atoms with van der Waals surface area (Å²) in [6.07, 6.45) is 2.30. The fourth-order valence-corrected chi connectivity index (χ4v) is 2.02. The molecule has 0 spiro atoms. The lowest BCUT2D eigenvalue weighted by atomic mass is 9.88. The third kappa shape index (κ3) is 2.24. The van der Waals surface area contributed by atoms with E-state index in [-0.39, 0.29) is 24.3 Å². The van der Waals surface area contributed by atoms with E-state index in [0.717, 1.165) is 36.1 Å². The van der Waals surface area contributed by atoms with Crippen molar-refractivity contribution in [3.05, 3.63) is 29.1 Å². The third-order valence-electron chi connectivity index (χ3n) is 2.78. The minimum absolute atomic E-state index is 0. The van der Waals surface area contributed by atoms with Crippen LogP contribution in [0.1, 0.15) is 17.5 Å². The molecule has 1 aromatic carbocycles.